The third-order valence-corrected chi connectivity index (χ3v) is 7.90. The van der Waals surface area contributed by atoms with Crippen LogP contribution in [0.15, 0.2) is 81.8 Å². The highest BCUT2D eigenvalue weighted by Gasteiger charge is 2.43. The summed E-state index contributed by atoms with van der Waals surface area (Å²) >= 11 is 0. The molecule has 2 amide bonds. The van der Waals surface area contributed by atoms with E-state index in [1.807, 2.05) is 59.5 Å². The Morgan fingerprint density at radius 1 is 0.949 bits per heavy atom. The number of nitrogens with zero attached hydrogens (tertiary/aromatic N) is 1. The normalized spacial score (nSPS) is 19.1. The third-order valence-electron chi connectivity index (χ3n) is 7.90. The maximum absolute atomic E-state index is 13.7. The number of benzene rings is 2. The Morgan fingerprint density at radius 3 is 2.51 bits per heavy atom. The molecule has 200 valence electrons. The van der Waals surface area contributed by atoms with E-state index in [4.69, 9.17) is 8.83 Å². The first-order valence-electron chi connectivity index (χ1n) is 13.6. The number of piperidine rings is 1. The van der Waals surface area contributed by atoms with Crippen LogP contribution in [0.1, 0.15) is 49.1 Å². The molecule has 1 atom stereocenters. The number of amides is 2. The van der Waals surface area contributed by atoms with Gasteiger partial charge in [-0.3, -0.25) is 14.4 Å². The molecule has 2 aromatic heterocycles. The number of nitrogens with one attached hydrogen (secondary N) is 2. The van der Waals surface area contributed by atoms with Crippen molar-refractivity contribution in [2.24, 2.45) is 0 Å². The molecule has 1 saturated heterocycles. The fraction of sp³-hybridized carbons (Fsp3) is 0.323. The van der Waals surface area contributed by atoms with Gasteiger partial charge in [0.1, 0.15) is 16.9 Å². The number of ketones is 1. The summed E-state index contributed by atoms with van der Waals surface area (Å²) in [5, 5.41) is 6.82. The van der Waals surface area contributed by atoms with Crippen molar-refractivity contribution in [2.45, 2.75) is 50.1 Å². The fourth-order valence-corrected chi connectivity index (χ4v) is 5.80. The van der Waals surface area contributed by atoms with Crippen molar-refractivity contribution in [3.63, 3.8) is 0 Å². The van der Waals surface area contributed by atoms with Crippen LogP contribution in [0, 0.1) is 0 Å². The van der Waals surface area contributed by atoms with E-state index in [1.165, 1.54) is 0 Å². The van der Waals surface area contributed by atoms with E-state index in [-0.39, 0.29) is 24.0 Å². The highest BCUT2D eigenvalue weighted by molar-refractivity contribution is 6.01. The number of rotatable bonds is 6. The van der Waals surface area contributed by atoms with Gasteiger partial charge in [0, 0.05) is 23.2 Å². The van der Waals surface area contributed by atoms with Gasteiger partial charge in [0.2, 0.25) is 5.91 Å². The number of Topliss-reactive ketones (excluding diaryl/α,β-unsaturated/α-hetero) is 1. The molecule has 2 fully saturated rings. The van der Waals surface area contributed by atoms with E-state index >= 15 is 0 Å². The Balaban J connectivity index is 1.15. The Morgan fingerprint density at radius 2 is 1.74 bits per heavy atom. The number of hydrogen-bond acceptors (Lipinski definition) is 6. The summed E-state index contributed by atoms with van der Waals surface area (Å²) < 4.78 is 11.3. The fourth-order valence-electron chi connectivity index (χ4n) is 5.80. The number of furan rings is 2. The molecule has 8 nitrogen and oxygen atoms in total. The van der Waals surface area contributed by atoms with E-state index in [9.17, 15) is 14.4 Å². The minimum Gasteiger partial charge on any atom is -0.464 e. The highest BCUT2D eigenvalue weighted by Crippen LogP contribution is 2.33. The molecule has 0 spiro atoms. The number of carbonyl (C=O) groups is 3. The summed E-state index contributed by atoms with van der Waals surface area (Å²) in [7, 11) is 0. The quantitative estimate of drug-likeness (QED) is 0.363. The minimum atomic E-state index is -1.07. The number of carbonyl (C=O) groups excluding carboxylic acids is 3. The second kappa shape index (κ2) is 10.4. The van der Waals surface area contributed by atoms with Gasteiger partial charge in [0.15, 0.2) is 11.5 Å². The summed E-state index contributed by atoms with van der Waals surface area (Å²) in [5.41, 5.74) is 1.40. The lowest BCUT2D eigenvalue weighted by Crippen LogP contribution is -2.63. The van der Waals surface area contributed by atoms with Crippen molar-refractivity contribution in [2.75, 3.05) is 18.0 Å². The predicted molar refractivity (Wildman–Crippen MR) is 147 cm³/mol. The van der Waals surface area contributed by atoms with Crippen LogP contribution in [0.3, 0.4) is 0 Å². The van der Waals surface area contributed by atoms with Crippen molar-refractivity contribution in [1.29, 1.82) is 0 Å². The van der Waals surface area contributed by atoms with E-state index in [1.54, 1.807) is 18.4 Å². The van der Waals surface area contributed by atoms with Crippen LogP contribution in [0.5, 0.6) is 0 Å². The molecule has 2 aromatic carbocycles. The largest absolute Gasteiger partial charge is 0.464 e. The van der Waals surface area contributed by atoms with Gasteiger partial charge in [-0.2, -0.15) is 0 Å². The van der Waals surface area contributed by atoms with E-state index in [0.717, 1.165) is 41.7 Å². The summed E-state index contributed by atoms with van der Waals surface area (Å²) in [5.74, 6) is 0.147. The van der Waals surface area contributed by atoms with Crippen LogP contribution in [-0.2, 0) is 9.59 Å². The SMILES string of the molecule is O=C(NC1(C(=O)NC2CCN(c3ccccc3-c3ccco3)CC2=O)CCCCC1)c1cc2ccccc2o1. The molecular weight excluding hydrogens is 494 g/mol. The first-order valence-corrected chi connectivity index (χ1v) is 13.6. The van der Waals surface area contributed by atoms with Gasteiger partial charge in [-0.1, -0.05) is 49.6 Å². The van der Waals surface area contributed by atoms with Crippen molar-refractivity contribution in [3.05, 3.63) is 78.8 Å². The third kappa shape index (κ3) is 4.94. The molecule has 1 unspecified atom stereocenters. The lowest BCUT2D eigenvalue weighted by atomic mass is 9.80. The smallest absolute Gasteiger partial charge is 0.287 e. The maximum Gasteiger partial charge on any atom is 0.287 e. The highest BCUT2D eigenvalue weighted by atomic mass is 16.3. The van der Waals surface area contributed by atoms with Crippen LogP contribution in [0.25, 0.3) is 22.3 Å². The molecule has 2 N–H and O–H groups in total. The summed E-state index contributed by atoms with van der Waals surface area (Å²) in [6.45, 7) is 0.785. The van der Waals surface area contributed by atoms with Crippen molar-refractivity contribution in [1.82, 2.24) is 10.6 Å². The van der Waals surface area contributed by atoms with Crippen LogP contribution < -0.4 is 15.5 Å². The predicted octanol–water partition coefficient (Wildman–Crippen LogP) is 5.09. The molecule has 4 aromatic rings. The average molecular weight is 526 g/mol. The molecule has 0 radical (unpaired) electrons. The zero-order valence-electron chi connectivity index (χ0n) is 21.7. The van der Waals surface area contributed by atoms with E-state index < -0.39 is 17.5 Å². The molecule has 0 bridgehead atoms. The van der Waals surface area contributed by atoms with Crippen LogP contribution in [0.2, 0.25) is 0 Å². The standard InChI is InChI=1S/C31H31N3O5/c35-25-20-34(24-11-4-3-10-22(24)27-13-8-18-38-27)17-14-23(25)32-30(37)31(15-6-1-7-16-31)33-29(36)28-19-21-9-2-5-12-26(21)39-28/h2-5,8-13,18-19,23H,1,6-7,14-17,20H2,(H,32,37)(H,33,36). The molecule has 3 heterocycles. The second-order valence-corrected chi connectivity index (χ2v) is 10.4. The van der Waals surface area contributed by atoms with Gasteiger partial charge in [-0.15, -0.1) is 0 Å². The Bertz CT molecular complexity index is 1470. The van der Waals surface area contributed by atoms with Gasteiger partial charge in [-0.25, -0.2) is 0 Å². The molecular formula is C31H31N3O5. The summed E-state index contributed by atoms with van der Waals surface area (Å²) in [4.78, 5) is 42.2. The summed E-state index contributed by atoms with van der Waals surface area (Å²) in [6, 6.07) is 20.1. The van der Waals surface area contributed by atoms with Crippen LogP contribution in [-0.4, -0.2) is 42.3 Å². The molecule has 1 saturated carbocycles. The van der Waals surface area contributed by atoms with Crippen molar-refractivity contribution >= 4 is 34.3 Å². The Kier molecular flexibility index (Phi) is 6.69. The lowest BCUT2D eigenvalue weighted by Gasteiger charge is -2.39. The topological polar surface area (TPSA) is 105 Å². The molecule has 6 rings (SSSR count). The molecule has 2 aliphatic rings. The van der Waals surface area contributed by atoms with Gasteiger partial charge >= 0.3 is 0 Å². The van der Waals surface area contributed by atoms with Gasteiger partial charge in [0.05, 0.1) is 18.8 Å². The minimum absolute atomic E-state index is 0.0570. The Labute approximate surface area is 226 Å². The lowest BCUT2D eigenvalue weighted by molar-refractivity contribution is -0.133. The molecule has 39 heavy (non-hydrogen) atoms. The molecule has 1 aliphatic carbocycles. The monoisotopic (exact) mass is 525 g/mol. The number of hydrogen-bond donors (Lipinski definition) is 2. The van der Waals surface area contributed by atoms with Crippen LogP contribution >= 0.6 is 0 Å². The van der Waals surface area contributed by atoms with Gasteiger partial charge < -0.3 is 24.4 Å². The first-order chi connectivity index (χ1) is 19.0. The summed E-state index contributed by atoms with van der Waals surface area (Å²) in [6.07, 6.45) is 5.80. The van der Waals surface area contributed by atoms with E-state index in [0.29, 0.717) is 31.4 Å². The average Bonchev–Trinajstić information content (AvgIpc) is 3.65. The second-order valence-electron chi connectivity index (χ2n) is 10.4. The molecule has 1 aliphatic heterocycles. The zero-order valence-corrected chi connectivity index (χ0v) is 21.7. The number of para-hydroxylation sites is 2. The maximum atomic E-state index is 13.7. The van der Waals surface area contributed by atoms with Crippen molar-refractivity contribution < 1.29 is 23.2 Å². The number of fused-ring (bicyclic) bond motifs is 1. The first kappa shape index (κ1) is 25.0. The zero-order chi connectivity index (χ0) is 26.8. The molecule has 8 heteroatoms. The van der Waals surface area contributed by atoms with Gasteiger partial charge in [-0.05, 0) is 55.7 Å². The Hall–Kier alpha value is -4.33. The van der Waals surface area contributed by atoms with E-state index in [2.05, 4.69) is 10.6 Å². The van der Waals surface area contributed by atoms with Crippen LogP contribution in [0.4, 0.5) is 5.69 Å². The number of anilines is 1. The van der Waals surface area contributed by atoms with Gasteiger partial charge in [0.25, 0.3) is 5.91 Å². The van der Waals surface area contributed by atoms with Crippen molar-refractivity contribution in [3.8, 4) is 11.3 Å².